The molecule has 0 saturated heterocycles. The second-order valence-electron chi connectivity index (χ2n) is 4.47. The van der Waals surface area contributed by atoms with Gasteiger partial charge in [-0.25, -0.2) is 0 Å². The monoisotopic (exact) mass is 284 g/mol. The van der Waals surface area contributed by atoms with Crippen molar-refractivity contribution in [3.8, 4) is 0 Å². The van der Waals surface area contributed by atoms with Crippen LogP contribution in [0.25, 0.3) is 0 Å². The molecular formula is C13H17ClN2OS. The lowest BCUT2D eigenvalue weighted by molar-refractivity contribution is 0.0926. The zero-order chi connectivity index (χ0) is 13.9. The molecule has 1 aromatic rings. The van der Waals surface area contributed by atoms with Gasteiger partial charge in [0, 0.05) is 10.6 Å². The lowest BCUT2D eigenvalue weighted by atomic mass is 9.98. The molecule has 0 aliphatic carbocycles. The van der Waals surface area contributed by atoms with Crippen molar-refractivity contribution < 1.29 is 4.79 Å². The molecule has 0 aromatic heterocycles. The van der Waals surface area contributed by atoms with E-state index in [0.717, 1.165) is 5.56 Å². The molecule has 0 radical (unpaired) electrons. The Morgan fingerprint density at radius 2 is 2.17 bits per heavy atom. The van der Waals surface area contributed by atoms with Crippen molar-refractivity contribution in [3.05, 3.63) is 34.3 Å². The van der Waals surface area contributed by atoms with Gasteiger partial charge in [-0.3, -0.25) is 4.79 Å². The van der Waals surface area contributed by atoms with Gasteiger partial charge in [0.1, 0.15) is 0 Å². The van der Waals surface area contributed by atoms with Gasteiger partial charge in [-0.2, -0.15) is 0 Å². The second kappa shape index (κ2) is 5.67. The topological polar surface area (TPSA) is 55.1 Å². The lowest BCUT2D eigenvalue weighted by Crippen LogP contribution is -2.54. The summed E-state index contributed by atoms with van der Waals surface area (Å²) < 4.78 is 0. The Balaban J connectivity index is 2.95. The molecule has 3 nitrogen and oxygen atoms in total. The SMILES string of the molecule is CCC(C)(NC(=O)c1ccc(Cl)c(C)c1)C(N)=S. The Morgan fingerprint density at radius 3 is 2.61 bits per heavy atom. The van der Waals surface area contributed by atoms with Crippen LogP contribution in [0.4, 0.5) is 0 Å². The third kappa shape index (κ3) is 3.21. The van der Waals surface area contributed by atoms with E-state index in [1.165, 1.54) is 0 Å². The predicted molar refractivity (Wildman–Crippen MR) is 79.1 cm³/mol. The van der Waals surface area contributed by atoms with Gasteiger partial charge >= 0.3 is 0 Å². The van der Waals surface area contributed by atoms with Crippen LogP contribution < -0.4 is 11.1 Å². The van der Waals surface area contributed by atoms with Crippen molar-refractivity contribution in [1.29, 1.82) is 0 Å². The van der Waals surface area contributed by atoms with Gasteiger partial charge in [-0.1, -0.05) is 30.7 Å². The average Bonchev–Trinajstić information content (AvgIpc) is 2.32. The molecule has 0 bridgehead atoms. The summed E-state index contributed by atoms with van der Waals surface area (Å²) in [5, 5.41) is 3.50. The van der Waals surface area contributed by atoms with E-state index in [4.69, 9.17) is 29.6 Å². The van der Waals surface area contributed by atoms with Crippen LogP contribution in [0.2, 0.25) is 5.02 Å². The van der Waals surface area contributed by atoms with Gasteiger partial charge < -0.3 is 11.1 Å². The molecule has 1 rings (SSSR count). The highest BCUT2D eigenvalue weighted by Gasteiger charge is 2.27. The van der Waals surface area contributed by atoms with E-state index >= 15 is 0 Å². The number of nitrogens with two attached hydrogens (primary N) is 1. The fourth-order valence-corrected chi connectivity index (χ4v) is 1.75. The molecule has 0 saturated carbocycles. The van der Waals surface area contributed by atoms with Crippen molar-refractivity contribution in [3.63, 3.8) is 0 Å². The molecule has 0 fully saturated rings. The lowest BCUT2D eigenvalue weighted by Gasteiger charge is -2.28. The number of thiocarbonyl (C=S) groups is 1. The molecule has 3 N–H and O–H groups in total. The fraction of sp³-hybridized carbons (Fsp3) is 0.385. The van der Waals surface area contributed by atoms with E-state index in [1.807, 2.05) is 20.8 Å². The second-order valence-corrected chi connectivity index (χ2v) is 5.32. The molecule has 1 amide bonds. The zero-order valence-electron chi connectivity index (χ0n) is 10.7. The normalized spacial score (nSPS) is 13.8. The Hall–Kier alpha value is -1.13. The van der Waals surface area contributed by atoms with Crippen molar-refractivity contribution in [2.45, 2.75) is 32.7 Å². The van der Waals surface area contributed by atoms with Crippen LogP contribution in [0, 0.1) is 6.92 Å². The number of amides is 1. The molecular weight excluding hydrogens is 268 g/mol. The highest BCUT2D eigenvalue weighted by atomic mass is 35.5. The number of hydrogen-bond acceptors (Lipinski definition) is 2. The molecule has 0 heterocycles. The van der Waals surface area contributed by atoms with Crippen LogP contribution in [0.15, 0.2) is 18.2 Å². The molecule has 1 aromatic carbocycles. The van der Waals surface area contributed by atoms with E-state index in [2.05, 4.69) is 5.32 Å². The first kappa shape index (κ1) is 14.9. The minimum absolute atomic E-state index is 0.202. The Morgan fingerprint density at radius 1 is 1.56 bits per heavy atom. The maximum Gasteiger partial charge on any atom is 0.252 e. The fourth-order valence-electron chi connectivity index (χ4n) is 1.43. The summed E-state index contributed by atoms with van der Waals surface area (Å²) in [6, 6.07) is 5.13. The minimum atomic E-state index is -0.667. The zero-order valence-corrected chi connectivity index (χ0v) is 12.3. The smallest absolute Gasteiger partial charge is 0.252 e. The van der Waals surface area contributed by atoms with Crippen LogP contribution in [0.3, 0.4) is 0 Å². The van der Waals surface area contributed by atoms with Crippen molar-refractivity contribution in [1.82, 2.24) is 5.32 Å². The molecule has 1 atom stereocenters. The van der Waals surface area contributed by atoms with E-state index in [0.29, 0.717) is 17.0 Å². The van der Waals surface area contributed by atoms with E-state index in [9.17, 15) is 4.79 Å². The first-order chi connectivity index (χ1) is 8.30. The maximum atomic E-state index is 12.1. The quantitative estimate of drug-likeness (QED) is 0.836. The van der Waals surface area contributed by atoms with Gasteiger partial charge in [0.25, 0.3) is 5.91 Å². The number of nitrogens with one attached hydrogen (secondary N) is 1. The summed E-state index contributed by atoms with van der Waals surface area (Å²) in [6.45, 7) is 5.59. The number of rotatable bonds is 4. The van der Waals surface area contributed by atoms with Crippen LogP contribution in [-0.2, 0) is 0 Å². The summed E-state index contributed by atoms with van der Waals surface area (Å²) in [6.07, 6.45) is 0.640. The van der Waals surface area contributed by atoms with E-state index in [1.54, 1.807) is 18.2 Å². The Kier molecular flexibility index (Phi) is 4.71. The van der Waals surface area contributed by atoms with Gasteiger partial charge in [0.15, 0.2) is 0 Å². The highest BCUT2D eigenvalue weighted by molar-refractivity contribution is 7.80. The van der Waals surface area contributed by atoms with Gasteiger partial charge in [0.05, 0.1) is 10.5 Å². The summed E-state index contributed by atoms with van der Waals surface area (Å²) in [5.74, 6) is -0.202. The van der Waals surface area contributed by atoms with Crippen LogP contribution in [0.1, 0.15) is 36.2 Å². The van der Waals surface area contributed by atoms with Crippen molar-refractivity contribution >= 4 is 34.7 Å². The van der Waals surface area contributed by atoms with Crippen molar-refractivity contribution in [2.24, 2.45) is 5.73 Å². The van der Waals surface area contributed by atoms with Gasteiger partial charge in [-0.15, -0.1) is 0 Å². The molecule has 18 heavy (non-hydrogen) atoms. The number of aryl methyl sites for hydroxylation is 1. The molecule has 1 unspecified atom stereocenters. The number of hydrogen-bond donors (Lipinski definition) is 2. The third-order valence-electron chi connectivity index (χ3n) is 3.06. The Labute approximate surface area is 118 Å². The summed E-state index contributed by atoms with van der Waals surface area (Å²) in [5.41, 5.74) is 6.40. The van der Waals surface area contributed by atoms with Crippen LogP contribution in [0.5, 0.6) is 0 Å². The molecule has 98 valence electrons. The van der Waals surface area contributed by atoms with Crippen LogP contribution >= 0.6 is 23.8 Å². The van der Waals surface area contributed by atoms with E-state index < -0.39 is 5.54 Å². The first-order valence-corrected chi connectivity index (χ1v) is 6.47. The largest absolute Gasteiger partial charge is 0.391 e. The summed E-state index contributed by atoms with van der Waals surface area (Å²) in [7, 11) is 0. The number of carbonyl (C=O) groups excluding carboxylic acids is 1. The average molecular weight is 285 g/mol. The number of carbonyl (C=O) groups is 1. The number of benzene rings is 1. The molecule has 0 aliphatic heterocycles. The Bertz CT molecular complexity index is 490. The van der Waals surface area contributed by atoms with E-state index in [-0.39, 0.29) is 10.9 Å². The highest BCUT2D eigenvalue weighted by Crippen LogP contribution is 2.17. The predicted octanol–water partition coefficient (Wildman–Crippen LogP) is 2.83. The first-order valence-electron chi connectivity index (χ1n) is 5.68. The van der Waals surface area contributed by atoms with Gasteiger partial charge in [-0.05, 0) is 44.0 Å². The molecule has 0 aliphatic rings. The standard InChI is InChI=1S/C13H17ClN2OS/c1-4-13(3,12(15)18)16-11(17)9-5-6-10(14)8(2)7-9/h5-7H,4H2,1-3H3,(H2,15,18)(H,16,17). The maximum absolute atomic E-state index is 12.1. The minimum Gasteiger partial charge on any atom is -0.391 e. The third-order valence-corrected chi connectivity index (χ3v) is 3.94. The summed E-state index contributed by atoms with van der Waals surface area (Å²) >= 11 is 10.9. The van der Waals surface area contributed by atoms with Crippen LogP contribution in [-0.4, -0.2) is 16.4 Å². The molecule has 0 spiro atoms. The molecule has 5 heteroatoms. The summed E-state index contributed by atoms with van der Waals surface area (Å²) in [4.78, 5) is 12.4. The van der Waals surface area contributed by atoms with Crippen molar-refractivity contribution in [2.75, 3.05) is 0 Å². The van der Waals surface area contributed by atoms with Gasteiger partial charge in [0.2, 0.25) is 0 Å². The number of halogens is 1.